The Bertz CT molecular complexity index is 1920. The second-order valence-corrected chi connectivity index (χ2v) is 11.6. The van der Waals surface area contributed by atoms with E-state index in [1.165, 1.54) is 46.6 Å². The summed E-state index contributed by atoms with van der Waals surface area (Å²) in [6.07, 6.45) is 4.80. The van der Waals surface area contributed by atoms with Crippen LogP contribution < -0.4 is 0 Å². The fourth-order valence-electron chi connectivity index (χ4n) is 6.89. The molecule has 0 bridgehead atoms. The first-order valence-corrected chi connectivity index (χ1v) is 15.3. The zero-order valence-electron chi connectivity index (χ0n) is 24.0. The summed E-state index contributed by atoms with van der Waals surface area (Å²) in [5, 5.41) is 2.71. The SMILES string of the molecule is c1ccc(-c2nc(-c3ccccc3)nc(-c3ccc(C4CCCC(n5c6ccccc6c6ccccc65)C4)cc3)n2)cc1. The zero-order chi connectivity index (χ0) is 28.6. The molecule has 4 nitrogen and oxygen atoms in total. The van der Waals surface area contributed by atoms with Gasteiger partial charge in [0.2, 0.25) is 0 Å². The van der Waals surface area contributed by atoms with Crippen LogP contribution in [0.4, 0.5) is 0 Å². The third kappa shape index (κ3) is 4.79. The van der Waals surface area contributed by atoms with Gasteiger partial charge in [0, 0.05) is 44.5 Å². The van der Waals surface area contributed by atoms with E-state index in [1.54, 1.807) is 0 Å². The highest BCUT2D eigenvalue weighted by molar-refractivity contribution is 6.08. The number of aromatic nitrogens is 4. The summed E-state index contributed by atoms with van der Waals surface area (Å²) in [4.78, 5) is 14.7. The summed E-state index contributed by atoms with van der Waals surface area (Å²) in [6, 6.07) is 47.5. The first-order valence-electron chi connectivity index (χ1n) is 15.3. The highest BCUT2D eigenvalue weighted by Crippen LogP contribution is 2.43. The average Bonchev–Trinajstić information content (AvgIpc) is 3.43. The number of hydrogen-bond acceptors (Lipinski definition) is 3. The molecule has 1 fully saturated rings. The van der Waals surface area contributed by atoms with Crippen LogP contribution in [0.15, 0.2) is 133 Å². The molecule has 8 rings (SSSR count). The van der Waals surface area contributed by atoms with Crippen molar-refractivity contribution in [2.75, 3.05) is 0 Å². The predicted octanol–water partition coefficient (Wildman–Crippen LogP) is 9.88. The Morgan fingerprint density at radius 2 is 0.930 bits per heavy atom. The van der Waals surface area contributed by atoms with E-state index in [2.05, 4.69) is 77.4 Å². The molecule has 0 radical (unpaired) electrons. The first kappa shape index (κ1) is 25.6. The number of para-hydroxylation sites is 2. The minimum absolute atomic E-state index is 0.480. The van der Waals surface area contributed by atoms with Gasteiger partial charge in [-0.15, -0.1) is 0 Å². The molecule has 7 aromatic rings. The van der Waals surface area contributed by atoms with E-state index in [1.807, 2.05) is 60.7 Å². The van der Waals surface area contributed by atoms with Crippen molar-refractivity contribution in [1.82, 2.24) is 19.5 Å². The standard InChI is InChI=1S/C39H32N4/c1-3-12-28(13-4-1)37-40-38(29-14-5-2-6-15-29)42-39(41-37)30-24-22-27(23-25-30)31-16-11-17-32(26-31)43-35-20-9-7-18-33(35)34-19-8-10-21-36(34)43/h1-10,12-15,18-25,31-32H,11,16-17,26H2. The van der Waals surface area contributed by atoms with Crippen molar-refractivity contribution in [2.24, 2.45) is 0 Å². The second kappa shape index (κ2) is 11.0. The molecule has 5 aromatic carbocycles. The summed E-state index contributed by atoms with van der Waals surface area (Å²) >= 11 is 0. The van der Waals surface area contributed by atoms with Crippen LogP contribution >= 0.6 is 0 Å². The molecule has 2 aromatic heterocycles. The van der Waals surface area contributed by atoms with Gasteiger partial charge in [-0.1, -0.05) is 128 Å². The van der Waals surface area contributed by atoms with Gasteiger partial charge >= 0.3 is 0 Å². The van der Waals surface area contributed by atoms with Crippen LogP contribution in [-0.4, -0.2) is 19.5 Å². The van der Waals surface area contributed by atoms with E-state index in [0.717, 1.165) is 23.1 Å². The molecule has 2 atom stereocenters. The molecule has 0 spiro atoms. The smallest absolute Gasteiger partial charge is 0.164 e. The molecule has 1 aliphatic rings. The molecule has 1 saturated carbocycles. The number of benzene rings is 5. The molecule has 0 aliphatic heterocycles. The fraction of sp³-hybridized carbons (Fsp3) is 0.154. The first-order chi connectivity index (χ1) is 21.3. The fourth-order valence-corrected chi connectivity index (χ4v) is 6.89. The summed E-state index contributed by atoms with van der Waals surface area (Å²) in [7, 11) is 0. The van der Waals surface area contributed by atoms with Crippen LogP contribution in [0.25, 0.3) is 56.0 Å². The number of fused-ring (bicyclic) bond motifs is 3. The molecular formula is C39H32N4. The van der Waals surface area contributed by atoms with Crippen LogP contribution in [0.5, 0.6) is 0 Å². The van der Waals surface area contributed by atoms with E-state index in [4.69, 9.17) is 15.0 Å². The molecule has 1 aliphatic carbocycles. The van der Waals surface area contributed by atoms with E-state index in [-0.39, 0.29) is 0 Å². The third-order valence-electron chi connectivity index (χ3n) is 8.97. The van der Waals surface area contributed by atoms with Gasteiger partial charge in [0.1, 0.15) is 0 Å². The van der Waals surface area contributed by atoms with Crippen molar-refractivity contribution >= 4 is 21.8 Å². The minimum Gasteiger partial charge on any atom is -0.337 e. The minimum atomic E-state index is 0.480. The molecule has 0 amide bonds. The lowest BCUT2D eigenvalue weighted by Crippen LogP contribution is -2.18. The van der Waals surface area contributed by atoms with E-state index in [9.17, 15) is 0 Å². The molecular weight excluding hydrogens is 524 g/mol. The molecule has 43 heavy (non-hydrogen) atoms. The molecule has 0 saturated heterocycles. The maximum Gasteiger partial charge on any atom is 0.164 e. The van der Waals surface area contributed by atoms with Crippen LogP contribution in [0.3, 0.4) is 0 Å². The van der Waals surface area contributed by atoms with Crippen molar-refractivity contribution in [3.05, 3.63) is 139 Å². The highest BCUT2D eigenvalue weighted by Gasteiger charge is 2.27. The summed E-state index contributed by atoms with van der Waals surface area (Å²) < 4.78 is 2.62. The van der Waals surface area contributed by atoms with Crippen LogP contribution in [0.2, 0.25) is 0 Å². The van der Waals surface area contributed by atoms with E-state index >= 15 is 0 Å². The van der Waals surface area contributed by atoms with Crippen LogP contribution in [0, 0.1) is 0 Å². The Kier molecular flexibility index (Phi) is 6.52. The van der Waals surface area contributed by atoms with Crippen LogP contribution in [0.1, 0.15) is 43.2 Å². The number of rotatable bonds is 5. The van der Waals surface area contributed by atoms with Crippen LogP contribution in [-0.2, 0) is 0 Å². The second-order valence-electron chi connectivity index (χ2n) is 11.6. The Balaban J connectivity index is 1.12. The Morgan fingerprint density at radius 3 is 1.47 bits per heavy atom. The quantitative estimate of drug-likeness (QED) is 0.212. The van der Waals surface area contributed by atoms with Gasteiger partial charge in [0.05, 0.1) is 0 Å². The largest absolute Gasteiger partial charge is 0.337 e. The third-order valence-corrected chi connectivity index (χ3v) is 8.97. The van der Waals surface area contributed by atoms with Gasteiger partial charge in [-0.25, -0.2) is 15.0 Å². The molecule has 2 unspecified atom stereocenters. The summed E-state index contributed by atoms with van der Waals surface area (Å²) in [6.45, 7) is 0. The highest BCUT2D eigenvalue weighted by atomic mass is 15.0. The maximum absolute atomic E-state index is 4.92. The Morgan fingerprint density at radius 1 is 0.465 bits per heavy atom. The number of nitrogens with zero attached hydrogens (tertiary/aromatic N) is 4. The summed E-state index contributed by atoms with van der Waals surface area (Å²) in [5.41, 5.74) is 7.08. The van der Waals surface area contributed by atoms with Gasteiger partial charge in [0.25, 0.3) is 0 Å². The van der Waals surface area contributed by atoms with Crippen molar-refractivity contribution in [1.29, 1.82) is 0 Å². The molecule has 4 heteroatoms. The predicted molar refractivity (Wildman–Crippen MR) is 176 cm³/mol. The summed E-state index contributed by atoms with van der Waals surface area (Å²) in [5.74, 6) is 2.60. The average molecular weight is 557 g/mol. The van der Waals surface area contributed by atoms with Gasteiger partial charge in [-0.3, -0.25) is 0 Å². The van der Waals surface area contributed by atoms with E-state index in [0.29, 0.717) is 29.4 Å². The topological polar surface area (TPSA) is 43.6 Å². The monoisotopic (exact) mass is 556 g/mol. The Labute approximate surface area is 251 Å². The maximum atomic E-state index is 4.92. The van der Waals surface area contributed by atoms with E-state index < -0.39 is 0 Å². The molecule has 208 valence electrons. The lowest BCUT2D eigenvalue weighted by Gasteiger charge is -2.31. The lowest BCUT2D eigenvalue weighted by atomic mass is 9.81. The normalized spacial score (nSPS) is 16.9. The molecule has 2 heterocycles. The zero-order valence-corrected chi connectivity index (χ0v) is 24.0. The van der Waals surface area contributed by atoms with Gasteiger partial charge in [-0.2, -0.15) is 0 Å². The number of hydrogen-bond donors (Lipinski definition) is 0. The van der Waals surface area contributed by atoms with Crippen molar-refractivity contribution in [3.63, 3.8) is 0 Å². The van der Waals surface area contributed by atoms with Gasteiger partial charge < -0.3 is 4.57 Å². The Hall–Kier alpha value is -5.09. The van der Waals surface area contributed by atoms with Crippen molar-refractivity contribution in [2.45, 2.75) is 37.6 Å². The molecule has 0 N–H and O–H groups in total. The van der Waals surface area contributed by atoms with Gasteiger partial charge in [0.15, 0.2) is 17.5 Å². The van der Waals surface area contributed by atoms with Gasteiger partial charge in [-0.05, 0) is 42.9 Å². The van der Waals surface area contributed by atoms with Crippen molar-refractivity contribution in [3.8, 4) is 34.2 Å². The van der Waals surface area contributed by atoms with Crippen molar-refractivity contribution < 1.29 is 0 Å². The lowest BCUT2D eigenvalue weighted by molar-refractivity contribution is 0.331.